The molecule has 0 radical (unpaired) electrons. The summed E-state index contributed by atoms with van der Waals surface area (Å²) in [7, 11) is 0. The monoisotopic (exact) mass is 454 g/mol. The summed E-state index contributed by atoms with van der Waals surface area (Å²) in [5.74, 6) is 0.698. The third-order valence-electron chi connectivity index (χ3n) is 6.19. The van der Waals surface area contributed by atoms with Gasteiger partial charge in [-0.25, -0.2) is 9.97 Å². The minimum Gasteiger partial charge on any atom is -0.335 e. The fourth-order valence-electron chi connectivity index (χ4n) is 4.43. The number of carbonyl (C=O) groups excluding carboxylic acids is 1. The number of aryl methyl sites for hydroxylation is 1. The van der Waals surface area contributed by atoms with Crippen LogP contribution in [-0.2, 0) is 12.6 Å². The summed E-state index contributed by atoms with van der Waals surface area (Å²) < 4.78 is 38.4. The highest BCUT2D eigenvalue weighted by atomic mass is 19.4. The van der Waals surface area contributed by atoms with Gasteiger partial charge in [0.25, 0.3) is 5.91 Å². The Labute approximate surface area is 190 Å². The first-order valence-corrected chi connectivity index (χ1v) is 11.0. The molecule has 1 fully saturated rings. The molecule has 0 aliphatic carbocycles. The molecule has 8 heteroatoms. The van der Waals surface area contributed by atoms with E-state index in [2.05, 4.69) is 21.9 Å². The molecule has 2 atom stereocenters. The maximum absolute atomic E-state index is 13.6. The number of carbonyl (C=O) groups is 1. The average Bonchev–Trinajstić information content (AvgIpc) is 2.83. The Bertz CT molecular complexity index is 1090. The lowest BCUT2D eigenvalue weighted by atomic mass is 9.86. The van der Waals surface area contributed by atoms with Crippen molar-refractivity contribution in [3.8, 4) is 11.4 Å². The van der Waals surface area contributed by atoms with E-state index in [0.29, 0.717) is 42.0 Å². The van der Waals surface area contributed by atoms with E-state index in [4.69, 9.17) is 0 Å². The Morgan fingerprint density at radius 2 is 1.82 bits per heavy atom. The van der Waals surface area contributed by atoms with Crippen molar-refractivity contribution in [3.05, 3.63) is 77.9 Å². The summed E-state index contributed by atoms with van der Waals surface area (Å²) in [5.41, 5.74) is 1.07. The lowest BCUT2D eigenvalue weighted by Gasteiger charge is -2.40. The molecule has 0 saturated carbocycles. The van der Waals surface area contributed by atoms with Crippen molar-refractivity contribution >= 4 is 5.91 Å². The van der Waals surface area contributed by atoms with Crippen LogP contribution < -0.4 is 0 Å². The minimum atomic E-state index is -4.40. The number of pyridine rings is 1. The van der Waals surface area contributed by atoms with Crippen molar-refractivity contribution in [2.24, 2.45) is 5.92 Å². The topological polar surface area (TPSA) is 59.0 Å². The average molecular weight is 454 g/mol. The van der Waals surface area contributed by atoms with Crippen LogP contribution >= 0.6 is 0 Å². The quantitative estimate of drug-likeness (QED) is 0.516. The van der Waals surface area contributed by atoms with Gasteiger partial charge in [0, 0.05) is 42.4 Å². The maximum atomic E-state index is 13.6. The molecule has 1 aliphatic rings. The molecule has 0 spiro atoms. The molecule has 1 aliphatic heterocycles. The third kappa shape index (κ3) is 5.21. The van der Waals surface area contributed by atoms with E-state index >= 15 is 0 Å². The molecule has 1 saturated heterocycles. The largest absolute Gasteiger partial charge is 0.417 e. The first kappa shape index (κ1) is 22.9. The highest BCUT2D eigenvalue weighted by molar-refractivity contribution is 6.00. The van der Waals surface area contributed by atoms with Crippen LogP contribution in [0.15, 0.2) is 61.1 Å². The van der Waals surface area contributed by atoms with E-state index in [1.807, 2.05) is 23.1 Å². The second-order valence-corrected chi connectivity index (χ2v) is 8.38. The summed E-state index contributed by atoms with van der Waals surface area (Å²) >= 11 is 0. The van der Waals surface area contributed by atoms with Crippen LogP contribution in [0.2, 0.25) is 0 Å². The summed E-state index contributed by atoms with van der Waals surface area (Å²) in [5, 5.41) is 0. The van der Waals surface area contributed by atoms with Crippen molar-refractivity contribution < 1.29 is 18.0 Å². The van der Waals surface area contributed by atoms with Gasteiger partial charge in [-0.15, -0.1) is 0 Å². The van der Waals surface area contributed by atoms with Crippen molar-refractivity contribution in [2.75, 3.05) is 6.54 Å². The maximum Gasteiger partial charge on any atom is 0.417 e. The Kier molecular flexibility index (Phi) is 6.72. The molecule has 5 nitrogen and oxygen atoms in total. The van der Waals surface area contributed by atoms with Crippen LogP contribution in [0, 0.1) is 5.92 Å². The summed E-state index contributed by atoms with van der Waals surface area (Å²) in [4.78, 5) is 28.1. The van der Waals surface area contributed by atoms with Crippen LogP contribution in [0.3, 0.4) is 0 Å². The van der Waals surface area contributed by atoms with Gasteiger partial charge in [0.15, 0.2) is 5.82 Å². The Balaban J connectivity index is 1.54. The van der Waals surface area contributed by atoms with Gasteiger partial charge in [0.2, 0.25) is 0 Å². The molecule has 172 valence electrons. The number of benzene rings is 1. The number of halogens is 3. The Morgan fingerprint density at radius 3 is 2.52 bits per heavy atom. The van der Waals surface area contributed by atoms with Gasteiger partial charge in [0.1, 0.15) is 0 Å². The number of alkyl halides is 3. The van der Waals surface area contributed by atoms with Crippen molar-refractivity contribution in [2.45, 2.75) is 44.8 Å². The molecule has 4 rings (SSSR count). The number of amides is 1. The van der Waals surface area contributed by atoms with Gasteiger partial charge >= 0.3 is 6.18 Å². The number of nitrogens with zero attached hydrogens (tertiary/aromatic N) is 4. The molecule has 2 aromatic heterocycles. The van der Waals surface area contributed by atoms with Gasteiger partial charge in [-0.1, -0.05) is 25.1 Å². The zero-order chi connectivity index (χ0) is 23.4. The summed E-state index contributed by atoms with van der Waals surface area (Å²) in [6, 6.07) is 11.5. The third-order valence-corrected chi connectivity index (χ3v) is 6.19. The fraction of sp³-hybridized carbons (Fsp3) is 0.360. The highest BCUT2D eigenvalue weighted by Crippen LogP contribution is 2.31. The van der Waals surface area contributed by atoms with E-state index < -0.39 is 11.7 Å². The Hall–Kier alpha value is -3.29. The van der Waals surface area contributed by atoms with E-state index in [1.54, 1.807) is 24.5 Å². The molecule has 1 amide bonds. The van der Waals surface area contributed by atoms with Gasteiger partial charge in [-0.3, -0.25) is 9.78 Å². The van der Waals surface area contributed by atoms with Gasteiger partial charge in [-0.2, -0.15) is 13.2 Å². The second-order valence-electron chi connectivity index (χ2n) is 8.38. The molecule has 1 aromatic carbocycles. The zero-order valence-electron chi connectivity index (χ0n) is 18.3. The van der Waals surface area contributed by atoms with Crippen LogP contribution in [-0.4, -0.2) is 38.3 Å². The standard InChI is InChI=1S/C25H25F3N4O/c1-17-6-4-15-32(22(17)12-11-19-10-9-18(16-31-19)25(26,27)28)24(33)21-8-3-2-7-20(21)23-29-13-5-14-30-23/h2-3,5,7-10,13-14,16-17,22H,4,6,11-12,15H2,1H3/t17-,22-/m1/s1. The molecule has 3 heterocycles. The van der Waals surface area contributed by atoms with E-state index in [-0.39, 0.29) is 17.9 Å². The fourth-order valence-corrected chi connectivity index (χ4v) is 4.43. The van der Waals surface area contributed by atoms with Gasteiger partial charge < -0.3 is 4.90 Å². The van der Waals surface area contributed by atoms with Crippen molar-refractivity contribution in [1.29, 1.82) is 0 Å². The highest BCUT2D eigenvalue weighted by Gasteiger charge is 2.34. The molecule has 33 heavy (non-hydrogen) atoms. The van der Waals surface area contributed by atoms with Crippen molar-refractivity contribution in [3.63, 3.8) is 0 Å². The first-order valence-electron chi connectivity index (χ1n) is 11.0. The van der Waals surface area contributed by atoms with Crippen molar-refractivity contribution in [1.82, 2.24) is 19.9 Å². The van der Waals surface area contributed by atoms with Crippen LogP contribution in [0.25, 0.3) is 11.4 Å². The van der Waals surface area contributed by atoms with Gasteiger partial charge in [0.05, 0.1) is 11.1 Å². The molecule has 3 aromatic rings. The van der Waals surface area contributed by atoms with Crippen LogP contribution in [0.1, 0.15) is 47.8 Å². The number of hydrogen-bond donors (Lipinski definition) is 0. The van der Waals surface area contributed by atoms with E-state index in [0.717, 1.165) is 25.1 Å². The number of piperidine rings is 1. The molecule has 0 bridgehead atoms. The van der Waals surface area contributed by atoms with Gasteiger partial charge in [-0.05, 0) is 55.9 Å². The number of aromatic nitrogens is 3. The van der Waals surface area contributed by atoms with E-state index in [9.17, 15) is 18.0 Å². The zero-order valence-corrected chi connectivity index (χ0v) is 18.3. The molecule has 0 unspecified atom stereocenters. The number of likely N-dealkylation sites (tertiary alicyclic amines) is 1. The normalized spacial score (nSPS) is 18.8. The SMILES string of the molecule is C[C@@H]1CCCN(C(=O)c2ccccc2-c2ncccn2)[C@@H]1CCc1ccc(C(F)(F)F)cn1. The summed E-state index contributed by atoms with van der Waals surface area (Å²) in [6.07, 6.45) is 2.81. The smallest absolute Gasteiger partial charge is 0.335 e. The molecular formula is C25H25F3N4O. The predicted molar refractivity (Wildman–Crippen MR) is 118 cm³/mol. The van der Waals surface area contributed by atoms with E-state index in [1.165, 1.54) is 6.07 Å². The number of hydrogen-bond acceptors (Lipinski definition) is 4. The van der Waals surface area contributed by atoms with Crippen LogP contribution in [0.5, 0.6) is 0 Å². The summed E-state index contributed by atoms with van der Waals surface area (Å²) in [6.45, 7) is 2.76. The predicted octanol–water partition coefficient (Wildman–Crippen LogP) is 5.43. The lowest BCUT2D eigenvalue weighted by Crippen LogP contribution is -2.48. The lowest BCUT2D eigenvalue weighted by molar-refractivity contribution is -0.137. The van der Waals surface area contributed by atoms with Crippen LogP contribution in [0.4, 0.5) is 13.2 Å². The molecular weight excluding hydrogens is 429 g/mol. The second kappa shape index (κ2) is 9.68. The Morgan fingerprint density at radius 1 is 1.06 bits per heavy atom. The molecule has 0 N–H and O–H groups in total. The first-order chi connectivity index (χ1) is 15.8. The number of rotatable bonds is 5. The minimum absolute atomic E-state index is 0.0277.